The van der Waals surface area contributed by atoms with Crippen molar-refractivity contribution in [1.82, 2.24) is 0 Å². The molecule has 1 atom stereocenters. The summed E-state index contributed by atoms with van der Waals surface area (Å²) in [5.41, 5.74) is -0.430. The lowest BCUT2D eigenvalue weighted by molar-refractivity contribution is -0.125. The first-order chi connectivity index (χ1) is 8.08. The molecule has 1 aromatic rings. The van der Waals surface area contributed by atoms with E-state index in [1.165, 1.54) is 0 Å². The highest BCUT2D eigenvalue weighted by atomic mass is 79.9. The normalized spacial score (nSPS) is 23.1. The second-order valence-electron chi connectivity index (χ2n) is 3.78. The van der Waals surface area contributed by atoms with Gasteiger partial charge < -0.3 is 4.84 Å². The smallest absolute Gasteiger partial charge is 0.207 e. The van der Waals surface area contributed by atoms with Crippen molar-refractivity contribution in [2.24, 2.45) is 5.16 Å². The Morgan fingerprint density at radius 2 is 2.06 bits per heavy atom. The molecule has 0 bridgehead atoms. The first-order valence-electron chi connectivity index (χ1n) is 4.82. The van der Waals surface area contributed by atoms with Crippen molar-refractivity contribution in [2.75, 3.05) is 5.33 Å². The van der Waals surface area contributed by atoms with Gasteiger partial charge in [0.1, 0.15) is 11.6 Å². The third kappa shape index (κ3) is 2.36. The summed E-state index contributed by atoms with van der Waals surface area (Å²) >= 11 is 3.14. The number of nitrogens with zero attached hydrogens (tertiary/aromatic N) is 1. The highest BCUT2D eigenvalue weighted by Gasteiger charge is 2.38. The SMILES string of the molecule is O=CC1(CBr)CC(c2cc(F)cc(F)c2)=NO1. The largest absolute Gasteiger partial charge is 0.380 e. The number of carbonyl (C=O) groups is 1. The zero-order chi connectivity index (χ0) is 12.5. The van der Waals surface area contributed by atoms with Gasteiger partial charge in [0.25, 0.3) is 0 Å². The van der Waals surface area contributed by atoms with E-state index in [-0.39, 0.29) is 17.3 Å². The Morgan fingerprint density at radius 1 is 1.41 bits per heavy atom. The minimum absolute atomic E-state index is 0.185. The lowest BCUT2D eigenvalue weighted by Crippen LogP contribution is -2.33. The van der Waals surface area contributed by atoms with Crippen molar-refractivity contribution in [3.8, 4) is 0 Å². The van der Waals surface area contributed by atoms with Crippen molar-refractivity contribution < 1.29 is 18.4 Å². The Bertz CT molecular complexity index is 472. The maximum Gasteiger partial charge on any atom is 0.207 e. The maximum atomic E-state index is 13.0. The molecular formula is C11H8BrF2NO2. The van der Waals surface area contributed by atoms with Crippen LogP contribution in [0.5, 0.6) is 0 Å². The van der Waals surface area contributed by atoms with E-state index in [4.69, 9.17) is 4.84 Å². The van der Waals surface area contributed by atoms with Gasteiger partial charge in [0.15, 0.2) is 6.29 Å². The molecule has 0 N–H and O–H groups in total. The average molecular weight is 304 g/mol. The Balaban J connectivity index is 2.28. The van der Waals surface area contributed by atoms with Crippen LogP contribution in [0.25, 0.3) is 0 Å². The summed E-state index contributed by atoms with van der Waals surface area (Å²) in [5, 5.41) is 3.98. The molecule has 2 rings (SSSR count). The van der Waals surface area contributed by atoms with E-state index in [9.17, 15) is 13.6 Å². The van der Waals surface area contributed by atoms with Crippen LogP contribution in [0, 0.1) is 11.6 Å². The number of hydrogen-bond acceptors (Lipinski definition) is 3. The summed E-state index contributed by atoms with van der Waals surface area (Å²) in [6, 6.07) is 3.08. The zero-order valence-electron chi connectivity index (χ0n) is 8.62. The summed E-state index contributed by atoms with van der Waals surface area (Å²) in [6.07, 6.45) is 0.818. The highest BCUT2D eigenvalue weighted by molar-refractivity contribution is 9.09. The van der Waals surface area contributed by atoms with Crippen LogP contribution < -0.4 is 0 Å². The minimum atomic E-state index is -1.07. The molecule has 0 aliphatic carbocycles. The van der Waals surface area contributed by atoms with Gasteiger partial charge in [-0.25, -0.2) is 8.78 Å². The van der Waals surface area contributed by atoms with Crippen LogP contribution >= 0.6 is 15.9 Å². The minimum Gasteiger partial charge on any atom is -0.380 e. The predicted molar refractivity (Wildman–Crippen MR) is 61.2 cm³/mol. The molecule has 6 heteroatoms. The van der Waals surface area contributed by atoms with Gasteiger partial charge in [0.05, 0.1) is 11.0 Å². The molecular weight excluding hydrogens is 296 g/mol. The van der Waals surface area contributed by atoms with E-state index in [1.54, 1.807) is 0 Å². The number of benzene rings is 1. The Labute approximate surface area is 105 Å². The lowest BCUT2D eigenvalue weighted by atomic mass is 9.97. The first-order valence-corrected chi connectivity index (χ1v) is 5.94. The summed E-state index contributed by atoms with van der Waals surface area (Å²) in [7, 11) is 0. The van der Waals surface area contributed by atoms with Crippen LogP contribution in [0.1, 0.15) is 12.0 Å². The standard InChI is InChI=1S/C11H8BrF2NO2/c12-5-11(6-16)4-10(15-17-11)7-1-8(13)3-9(14)2-7/h1-3,6H,4-5H2. The second kappa shape index (κ2) is 4.52. The third-order valence-electron chi connectivity index (χ3n) is 2.44. The second-order valence-corrected chi connectivity index (χ2v) is 4.34. The highest BCUT2D eigenvalue weighted by Crippen LogP contribution is 2.27. The molecule has 1 aliphatic heterocycles. The summed E-state index contributed by atoms with van der Waals surface area (Å²) < 4.78 is 26.0. The number of alkyl halides is 1. The van der Waals surface area contributed by atoms with Gasteiger partial charge >= 0.3 is 0 Å². The summed E-state index contributed by atoms with van der Waals surface area (Å²) in [6.45, 7) is 0. The molecule has 3 nitrogen and oxygen atoms in total. The average Bonchev–Trinajstić information content (AvgIpc) is 2.73. The van der Waals surface area contributed by atoms with E-state index < -0.39 is 17.2 Å². The van der Waals surface area contributed by atoms with Gasteiger partial charge in [-0.15, -0.1) is 0 Å². The van der Waals surface area contributed by atoms with Crippen LogP contribution in [0.3, 0.4) is 0 Å². The topological polar surface area (TPSA) is 38.7 Å². The number of hydrogen-bond donors (Lipinski definition) is 0. The van der Waals surface area contributed by atoms with E-state index in [1.807, 2.05) is 0 Å². The van der Waals surface area contributed by atoms with Gasteiger partial charge in [-0.05, 0) is 12.1 Å². The molecule has 0 radical (unpaired) electrons. The molecule has 1 aromatic carbocycles. The van der Waals surface area contributed by atoms with E-state index >= 15 is 0 Å². The van der Waals surface area contributed by atoms with Crippen LogP contribution in [-0.2, 0) is 9.63 Å². The molecule has 1 aliphatic rings. The molecule has 90 valence electrons. The molecule has 17 heavy (non-hydrogen) atoms. The third-order valence-corrected chi connectivity index (χ3v) is 3.39. The van der Waals surface area contributed by atoms with Gasteiger partial charge in [-0.2, -0.15) is 0 Å². The van der Waals surface area contributed by atoms with Crippen molar-refractivity contribution in [3.05, 3.63) is 35.4 Å². The molecule has 0 saturated heterocycles. The molecule has 0 aromatic heterocycles. The van der Waals surface area contributed by atoms with Gasteiger partial charge in [0, 0.05) is 18.1 Å². The Kier molecular flexibility index (Phi) is 3.24. The van der Waals surface area contributed by atoms with Crippen molar-refractivity contribution in [1.29, 1.82) is 0 Å². The van der Waals surface area contributed by atoms with Gasteiger partial charge in [-0.1, -0.05) is 21.1 Å². The number of halogens is 3. The van der Waals surface area contributed by atoms with Gasteiger partial charge in [-0.3, -0.25) is 4.79 Å². The molecule has 1 heterocycles. The van der Waals surface area contributed by atoms with Crippen LogP contribution in [0.4, 0.5) is 8.78 Å². The first kappa shape index (κ1) is 12.2. The summed E-state index contributed by atoms with van der Waals surface area (Å²) in [5.74, 6) is -1.38. The number of carbonyl (C=O) groups excluding carboxylic acids is 1. The molecule has 1 unspecified atom stereocenters. The number of aldehydes is 1. The predicted octanol–water partition coefficient (Wildman–Crippen LogP) is 2.42. The van der Waals surface area contributed by atoms with Crippen LogP contribution in [-0.4, -0.2) is 22.9 Å². The fourth-order valence-electron chi connectivity index (χ4n) is 1.54. The van der Waals surface area contributed by atoms with Crippen molar-refractivity contribution in [3.63, 3.8) is 0 Å². The van der Waals surface area contributed by atoms with Crippen molar-refractivity contribution in [2.45, 2.75) is 12.0 Å². The number of oxime groups is 1. The van der Waals surface area contributed by atoms with Gasteiger partial charge in [0.2, 0.25) is 5.60 Å². The monoisotopic (exact) mass is 303 g/mol. The fourth-order valence-corrected chi connectivity index (χ4v) is 1.97. The van der Waals surface area contributed by atoms with E-state index in [0.29, 0.717) is 12.0 Å². The fraction of sp³-hybridized carbons (Fsp3) is 0.273. The maximum absolute atomic E-state index is 13.0. The zero-order valence-corrected chi connectivity index (χ0v) is 10.2. The van der Waals surface area contributed by atoms with E-state index in [0.717, 1.165) is 18.2 Å². The van der Waals surface area contributed by atoms with Crippen molar-refractivity contribution >= 4 is 27.9 Å². The number of rotatable bonds is 3. The lowest BCUT2D eigenvalue weighted by Gasteiger charge is -2.15. The molecule has 0 saturated carbocycles. The molecule has 0 fully saturated rings. The quantitative estimate of drug-likeness (QED) is 0.635. The Morgan fingerprint density at radius 3 is 2.53 bits per heavy atom. The Hall–Kier alpha value is -1.30. The van der Waals surface area contributed by atoms with Crippen LogP contribution in [0.15, 0.2) is 23.4 Å². The van der Waals surface area contributed by atoms with Crippen LogP contribution in [0.2, 0.25) is 0 Å². The summed E-state index contributed by atoms with van der Waals surface area (Å²) in [4.78, 5) is 15.9. The van der Waals surface area contributed by atoms with E-state index in [2.05, 4.69) is 21.1 Å². The molecule has 0 amide bonds. The molecule has 0 spiro atoms.